The topological polar surface area (TPSA) is 0 Å². The quantitative estimate of drug-likeness (QED) is 0.714. The van der Waals surface area contributed by atoms with Crippen LogP contribution in [0, 0.1) is 0 Å². The second-order valence-electron chi connectivity index (χ2n) is 2.79. The van der Waals surface area contributed by atoms with Crippen LogP contribution in [0.4, 0.5) is 4.70 Å². The fourth-order valence-electron chi connectivity index (χ4n) is 1.05. The van der Waals surface area contributed by atoms with Gasteiger partial charge >= 0.3 is 0 Å². The summed E-state index contributed by atoms with van der Waals surface area (Å²) in [5, 5.41) is 0. The van der Waals surface area contributed by atoms with E-state index in [1.54, 1.807) is 21.6 Å². The van der Waals surface area contributed by atoms with Gasteiger partial charge in [-0.05, 0) is 24.3 Å². The van der Waals surface area contributed by atoms with E-state index in [0.29, 0.717) is 0 Å². The number of halogens is 1. The van der Waals surface area contributed by atoms with Crippen molar-refractivity contribution in [3.8, 4) is 0 Å². The summed E-state index contributed by atoms with van der Waals surface area (Å²) >= 11 is 0. The molecule has 78 valence electrons. The van der Waals surface area contributed by atoms with Crippen molar-refractivity contribution in [1.29, 1.82) is 0 Å². The van der Waals surface area contributed by atoms with Crippen LogP contribution in [0.2, 0.25) is 0 Å². The molecule has 0 nitrogen and oxygen atoms in total. The molecule has 2 aromatic rings. The van der Waals surface area contributed by atoms with Crippen molar-refractivity contribution in [3.63, 3.8) is 0 Å². The molecule has 0 fully saturated rings. The van der Waals surface area contributed by atoms with Crippen LogP contribution >= 0.6 is 21.6 Å². The van der Waals surface area contributed by atoms with Crippen LogP contribution in [-0.2, 0) is 0 Å². The maximum Gasteiger partial charge on any atom is 0.0186 e. The molecule has 0 aliphatic rings. The van der Waals surface area contributed by atoms with E-state index in [1.807, 2.05) is 12.1 Å². The molecule has 2 aromatic carbocycles. The first kappa shape index (κ1) is 12.1. The molecular weight excluding hydrogens is 227 g/mol. The maximum atomic E-state index is 2.13. The lowest BCUT2D eigenvalue weighted by atomic mass is 10.4. The van der Waals surface area contributed by atoms with Crippen LogP contribution in [0.1, 0.15) is 0 Å². The van der Waals surface area contributed by atoms with Crippen molar-refractivity contribution < 1.29 is 4.70 Å². The third-order valence-electron chi connectivity index (χ3n) is 1.72. The zero-order valence-electron chi connectivity index (χ0n) is 8.00. The Labute approximate surface area is 96.9 Å². The molecule has 3 heteroatoms. The minimum absolute atomic E-state index is 0. The van der Waals surface area contributed by atoms with E-state index in [9.17, 15) is 0 Å². The Morgan fingerprint density at radius 3 is 1.20 bits per heavy atom. The Bertz CT molecular complexity index is 336. The number of benzene rings is 2. The first-order chi connectivity index (χ1) is 6.95. The maximum absolute atomic E-state index is 2.13. The molecule has 0 heterocycles. The molecule has 0 aliphatic carbocycles. The zero-order chi connectivity index (χ0) is 9.64. The van der Waals surface area contributed by atoms with Gasteiger partial charge in [0.05, 0.1) is 0 Å². The first-order valence-electron chi connectivity index (χ1n) is 4.40. The van der Waals surface area contributed by atoms with E-state index >= 15 is 0 Å². The van der Waals surface area contributed by atoms with Gasteiger partial charge in [-0.15, -0.1) is 0 Å². The highest BCUT2D eigenvalue weighted by molar-refractivity contribution is 8.76. The van der Waals surface area contributed by atoms with Gasteiger partial charge in [-0.1, -0.05) is 58.0 Å². The summed E-state index contributed by atoms with van der Waals surface area (Å²) in [6, 6.07) is 20.8. The summed E-state index contributed by atoms with van der Waals surface area (Å²) in [6.45, 7) is 0. The van der Waals surface area contributed by atoms with Gasteiger partial charge < -0.3 is 0 Å². The van der Waals surface area contributed by atoms with Gasteiger partial charge in [-0.3, -0.25) is 4.70 Å². The minimum Gasteiger partial charge on any atom is -0.269 e. The number of rotatable bonds is 3. The van der Waals surface area contributed by atoms with E-state index in [4.69, 9.17) is 0 Å². The smallest absolute Gasteiger partial charge is 0.0186 e. The second kappa shape index (κ2) is 6.53. The summed E-state index contributed by atoms with van der Waals surface area (Å²) in [7, 11) is 3.58. The highest BCUT2D eigenvalue weighted by Gasteiger charge is 1.94. The van der Waals surface area contributed by atoms with Gasteiger partial charge in [0.2, 0.25) is 0 Å². The van der Waals surface area contributed by atoms with Crippen LogP contribution in [-0.4, -0.2) is 0 Å². The van der Waals surface area contributed by atoms with E-state index in [0.717, 1.165) is 0 Å². The van der Waals surface area contributed by atoms with Gasteiger partial charge in [-0.2, -0.15) is 0 Å². The Morgan fingerprint density at radius 2 is 0.867 bits per heavy atom. The predicted molar refractivity (Wildman–Crippen MR) is 67.1 cm³/mol. The van der Waals surface area contributed by atoms with Crippen molar-refractivity contribution in [3.05, 3.63) is 60.7 Å². The van der Waals surface area contributed by atoms with Crippen LogP contribution in [0.5, 0.6) is 0 Å². The summed E-state index contributed by atoms with van der Waals surface area (Å²) in [4.78, 5) is 2.59. The van der Waals surface area contributed by atoms with E-state index in [1.165, 1.54) is 9.79 Å². The molecule has 0 unspecified atom stereocenters. The molecule has 0 amide bonds. The average molecular weight is 238 g/mol. The van der Waals surface area contributed by atoms with Gasteiger partial charge in [0.25, 0.3) is 0 Å². The summed E-state index contributed by atoms with van der Waals surface area (Å²) in [5.41, 5.74) is 0. The lowest BCUT2D eigenvalue weighted by Crippen LogP contribution is -1.67. The van der Waals surface area contributed by atoms with Crippen LogP contribution < -0.4 is 0 Å². The Balaban J connectivity index is 0.00000112. The fraction of sp³-hybridized carbons (Fsp3) is 0. The van der Waals surface area contributed by atoms with Gasteiger partial charge in [0, 0.05) is 9.79 Å². The standard InChI is InChI=1S/C12H10S2.FH/c1-3-7-11(8-4-1)13-14-12-9-5-2-6-10-12;/h1-10H;1H. The summed E-state index contributed by atoms with van der Waals surface area (Å²) in [6.07, 6.45) is 0. The Morgan fingerprint density at radius 1 is 0.533 bits per heavy atom. The molecule has 2 rings (SSSR count). The molecular formula is C12H11FS2. The molecule has 0 spiro atoms. The molecule has 0 N–H and O–H groups in total. The summed E-state index contributed by atoms with van der Waals surface area (Å²) < 4.78 is 0. The largest absolute Gasteiger partial charge is 0.269 e. The van der Waals surface area contributed by atoms with Crippen molar-refractivity contribution in [2.24, 2.45) is 0 Å². The molecule has 0 saturated heterocycles. The minimum atomic E-state index is 0. The van der Waals surface area contributed by atoms with Crippen LogP contribution in [0.25, 0.3) is 0 Å². The van der Waals surface area contributed by atoms with E-state index < -0.39 is 0 Å². The highest BCUT2D eigenvalue weighted by atomic mass is 33.1. The second-order valence-corrected chi connectivity index (χ2v) is 5.07. The van der Waals surface area contributed by atoms with Gasteiger partial charge in [0.15, 0.2) is 0 Å². The molecule has 0 bridgehead atoms. The van der Waals surface area contributed by atoms with Crippen molar-refractivity contribution in [1.82, 2.24) is 0 Å². The van der Waals surface area contributed by atoms with Gasteiger partial charge in [0.1, 0.15) is 0 Å². The molecule has 15 heavy (non-hydrogen) atoms. The Kier molecular flexibility index (Phi) is 5.29. The van der Waals surface area contributed by atoms with E-state index in [-0.39, 0.29) is 4.70 Å². The summed E-state index contributed by atoms with van der Waals surface area (Å²) in [5.74, 6) is 0. The molecule has 0 aliphatic heterocycles. The van der Waals surface area contributed by atoms with E-state index in [2.05, 4.69) is 48.5 Å². The van der Waals surface area contributed by atoms with Gasteiger partial charge in [-0.25, -0.2) is 0 Å². The SMILES string of the molecule is F.c1ccc(SSc2ccccc2)cc1. The van der Waals surface area contributed by atoms with Crippen molar-refractivity contribution in [2.45, 2.75) is 9.79 Å². The molecule has 0 aromatic heterocycles. The third-order valence-corrected chi connectivity index (χ3v) is 4.14. The fourth-order valence-corrected chi connectivity index (χ4v) is 3.02. The molecule has 0 radical (unpaired) electrons. The first-order valence-corrected chi connectivity index (χ1v) is 6.55. The lowest BCUT2D eigenvalue weighted by Gasteiger charge is -1.99. The van der Waals surface area contributed by atoms with Crippen LogP contribution in [0.15, 0.2) is 70.5 Å². The molecule has 0 saturated carbocycles. The third kappa shape index (κ3) is 3.98. The Hall–Kier alpha value is -0.930. The highest BCUT2D eigenvalue weighted by Crippen LogP contribution is 2.36. The lowest BCUT2D eigenvalue weighted by molar-refractivity contribution is 1.11. The average Bonchev–Trinajstić information content (AvgIpc) is 2.29. The predicted octanol–water partition coefficient (Wildman–Crippen LogP) is 4.64. The number of hydrogen-bond donors (Lipinski definition) is 0. The molecule has 0 atom stereocenters. The van der Waals surface area contributed by atoms with Crippen LogP contribution in [0.3, 0.4) is 0 Å². The normalized spacial score (nSPS) is 9.33. The van der Waals surface area contributed by atoms with Crippen molar-refractivity contribution >= 4 is 21.6 Å². The van der Waals surface area contributed by atoms with Crippen molar-refractivity contribution in [2.75, 3.05) is 0 Å². The zero-order valence-corrected chi connectivity index (χ0v) is 9.63. The monoisotopic (exact) mass is 238 g/mol. The number of hydrogen-bond acceptors (Lipinski definition) is 2.